The highest BCUT2D eigenvalue weighted by Crippen LogP contribution is 2.21. The molecule has 0 aliphatic heterocycles. The van der Waals surface area contributed by atoms with Crippen LogP contribution in [0, 0.1) is 13.8 Å². The summed E-state index contributed by atoms with van der Waals surface area (Å²) in [4.78, 5) is 0. The molecule has 0 bridgehead atoms. The van der Waals surface area contributed by atoms with Crippen LogP contribution in [0.1, 0.15) is 87.5 Å². The van der Waals surface area contributed by atoms with Crippen LogP contribution in [0.2, 0.25) is 0 Å². The third-order valence-electron chi connectivity index (χ3n) is 4.36. The van der Waals surface area contributed by atoms with Gasteiger partial charge < -0.3 is 0 Å². The molecule has 0 saturated carbocycles. The minimum Gasteiger partial charge on any atom is -0.0654 e. The summed E-state index contributed by atoms with van der Waals surface area (Å²) in [6, 6.07) is 4.88. The van der Waals surface area contributed by atoms with Gasteiger partial charge in [-0.25, -0.2) is 0 Å². The van der Waals surface area contributed by atoms with Gasteiger partial charge in [0.15, 0.2) is 0 Å². The van der Waals surface area contributed by atoms with E-state index < -0.39 is 0 Å². The van der Waals surface area contributed by atoms with Gasteiger partial charge in [-0.3, -0.25) is 0 Å². The van der Waals surface area contributed by atoms with Crippen LogP contribution in [0.3, 0.4) is 0 Å². The summed E-state index contributed by atoms with van der Waals surface area (Å²) in [7, 11) is 0. The highest BCUT2D eigenvalue weighted by atomic mass is 14.1. The first-order valence-electron chi connectivity index (χ1n) is 8.78. The third kappa shape index (κ3) is 6.11. The van der Waals surface area contributed by atoms with Gasteiger partial charge in [0.2, 0.25) is 0 Å². The molecular formula is C20H34. The normalized spacial score (nSPS) is 11.0. The van der Waals surface area contributed by atoms with Crippen molar-refractivity contribution in [1.29, 1.82) is 0 Å². The Labute approximate surface area is 127 Å². The summed E-state index contributed by atoms with van der Waals surface area (Å²) < 4.78 is 0. The van der Waals surface area contributed by atoms with Crippen molar-refractivity contribution >= 4 is 0 Å². The van der Waals surface area contributed by atoms with E-state index in [0.29, 0.717) is 0 Å². The predicted molar refractivity (Wildman–Crippen MR) is 91.6 cm³/mol. The van der Waals surface area contributed by atoms with Crippen LogP contribution in [0.25, 0.3) is 0 Å². The lowest BCUT2D eigenvalue weighted by Crippen LogP contribution is -1.98. The van der Waals surface area contributed by atoms with Gasteiger partial charge in [-0.1, -0.05) is 64.5 Å². The molecule has 0 amide bonds. The second-order valence-corrected chi connectivity index (χ2v) is 6.33. The molecule has 0 nitrogen and oxygen atoms in total. The van der Waals surface area contributed by atoms with E-state index in [1.807, 2.05) is 0 Å². The minimum absolute atomic E-state index is 1.26. The van der Waals surface area contributed by atoms with E-state index in [1.54, 1.807) is 11.1 Å². The molecule has 0 aromatic heterocycles. The quantitative estimate of drug-likeness (QED) is 0.424. The standard InChI is InChI=1S/C20H34/c1-5-7-9-11-13-19-15-17(3)20(18(4)16-19)14-12-10-8-6-2/h15-16H,5-14H2,1-4H3. The zero-order valence-corrected chi connectivity index (χ0v) is 14.2. The van der Waals surface area contributed by atoms with E-state index >= 15 is 0 Å². The lowest BCUT2D eigenvalue weighted by molar-refractivity contribution is 0.661. The summed E-state index contributed by atoms with van der Waals surface area (Å²) in [5.74, 6) is 0. The van der Waals surface area contributed by atoms with Crippen LogP contribution in [0.5, 0.6) is 0 Å². The lowest BCUT2D eigenvalue weighted by Gasteiger charge is -2.13. The molecule has 114 valence electrons. The molecule has 1 aromatic carbocycles. The first-order chi connectivity index (χ1) is 9.69. The van der Waals surface area contributed by atoms with Gasteiger partial charge in [0.05, 0.1) is 0 Å². The molecule has 1 aromatic rings. The Morgan fingerprint density at radius 2 is 1.15 bits per heavy atom. The summed E-state index contributed by atoms with van der Waals surface area (Å²) in [6.45, 7) is 9.17. The highest BCUT2D eigenvalue weighted by Gasteiger charge is 2.05. The van der Waals surface area contributed by atoms with Gasteiger partial charge in [-0.15, -0.1) is 0 Å². The van der Waals surface area contributed by atoms with Crippen LogP contribution in [0.4, 0.5) is 0 Å². The molecule has 0 heteroatoms. The van der Waals surface area contributed by atoms with Crippen molar-refractivity contribution in [3.63, 3.8) is 0 Å². The molecule has 0 saturated heterocycles. The van der Waals surface area contributed by atoms with Gasteiger partial charge in [0.1, 0.15) is 0 Å². The maximum atomic E-state index is 2.44. The number of unbranched alkanes of at least 4 members (excludes halogenated alkanes) is 6. The molecule has 0 aliphatic carbocycles. The van der Waals surface area contributed by atoms with Crippen LogP contribution in [-0.2, 0) is 12.8 Å². The first-order valence-corrected chi connectivity index (χ1v) is 8.78. The monoisotopic (exact) mass is 274 g/mol. The van der Waals surface area contributed by atoms with Crippen molar-refractivity contribution in [3.05, 3.63) is 34.4 Å². The molecular weight excluding hydrogens is 240 g/mol. The second kappa shape index (κ2) is 10.0. The second-order valence-electron chi connectivity index (χ2n) is 6.33. The molecule has 0 fully saturated rings. The Bertz CT molecular complexity index is 353. The largest absolute Gasteiger partial charge is 0.0654 e. The van der Waals surface area contributed by atoms with Gasteiger partial charge in [0.25, 0.3) is 0 Å². The fourth-order valence-electron chi connectivity index (χ4n) is 3.11. The summed E-state index contributed by atoms with van der Waals surface area (Å²) in [5, 5.41) is 0. The Morgan fingerprint density at radius 3 is 1.65 bits per heavy atom. The molecule has 0 N–H and O–H groups in total. The zero-order chi connectivity index (χ0) is 14.8. The van der Waals surface area contributed by atoms with Gasteiger partial charge in [0, 0.05) is 0 Å². The highest BCUT2D eigenvalue weighted by molar-refractivity contribution is 5.38. The Hall–Kier alpha value is -0.780. The summed E-state index contributed by atoms with van der Waals surface area (Å²) in [5.41, 5.74) is 6.20. The van der Waals surface area contributed by atoms with Crippen LogP contribution < -0.4 is 0 Å². The average molecular weight is 274 g/mol. The number of benzene rings is 1. The number of aryl methyl sites for hydroxylation is 3. The molecule has 0 atom stereocenters. The Morgan fingerprint density at radius 1 is 0.650 bits per heavy atom. The Kier molecular flexibility index (Phi) is 8.65. The van der Waals surface area contributed by atoms with Crippen molar-refractivity contribution in [2.24, 2.45) is 0 Å². The predicted octanol–water partition coefficient (Wildman–Crippen LogP) is 6.55. The van der Waals surface area contributed by atoms with Crippen LogP contribution in [-0.4, -0.2) is 0 Å². The maximum Gasteiger partial charge on any atom is -0.0274 e. The SMILES string of the molecule is CCCCCCc1cc(C)c(CCCCCC)c(C)c1. The molecule has 20 heavy (non-hydrogen) atoms. The van der Waals surface area contributed by atoms with Crippen molar-refractivity contribution < 1.29 is 0 Å². The van der Waals surface area contributed by atoms with Crippen LogP contribution >= 0.6 is 0 Å². The molecule has 0 radical (unpaired) electrons. The van der Waals surface area contributed by atoms with E-state index in [0.717, 1.165) is 0 Å². The van der Waals surface area contributed by atoms with Crippen molar-refractivity contribution in [3.8, 4) is 0 Å². The van der Waals surface area contributed by atoms with Crippen LogP contribution in [0.15, 0.2) is 12.1 Å². The summed E-state index contributed by atoms with van der Waals surface area (Å²) in [6.07, 6.45) is 13.4. The zero-order valence-electron chi connectivity index (χ0n) is 14.2. The van der Waals surface area contributed by atoms with E-state index in [4.69, 9.17) is 0 Å². The van der Waals surface area contributed by atoms with E-state index in [-0.39, 0.29) is 0 Å². The number of hydrogen-bond acceptors (Lipinski definition) is 0. The van der Waals surface area contributed by atoms with Crippen molar-refractivity contribution in [2.75, 3.05) is 0 Å². The lowest BCUT2D eigenvalue weighted by atomic mass is 9.93. The van der Waals surface area contributed by atoms with E-state index in [2.05, 4.69) is 39.8 Å². The maximum absolute atomic E-state index is 2.44. The summed E-state index contributed by atoms with van der Waals surface area (Å²) >= 11 is 0. The van der Waals surface area contributed by atoms with Gasteiger partial charge in [-0.2, -0.15) is 0 Å². The van der Waals surface area contributed by atoms with Gasteiger partial charge in [-0.05, 0) is 61.8 Å². The van der Waals surface area contributed by atoms with Crippen molar-refractivity contribution in [1.82, 2.24) is 0 Å². The number of rotatable bonds is 10. The topological polar surface area (TPSA) is 0 Å². The average Bonchev–Trinajstić information content (AvgIpc) is 2.42. The molecule has 0 spiro atoms. The smallest absolute Gasteiger partial charge is 0.0274 e. The Balaban J connectivity index is 2.52. The van der Waals surface area contributed by atoms with E-state index in [9.17, 15) is 0 Å². The number of hydrogen-bond donors (Lipinski definition) is 0. The molecule has 0 aliphatic rings. The fourth-order valence-corrected chi connectivity index (χ4v) is 3.11. The molecule has 0 unspecified atom stereocenters. The fraction of sp³-hybridized carbons (Fsp3) is 0.700. The minimum atomic E-state index is 1.26. The van der Waals surface area contributed by atoms with E-state index in [1.165, 1.54) is 75.3 Å². The molecule has 1 rings (SSSR count). The third-order valence-corrected chi connectivity index (χ3v) is 4.36. The van der Waals surface area contributed by atoms with Gasteiger partial charge >= 0.3 is 0 Å². The van der Waals surface area contributed by atoms with Crippen molar-refractivity contribution in [2.45, 2.75) is 91.9 Å². The first kappa shape index (κ1) is 17.3. The molecule has 0 heterocycles.